The number of aryl methyl sites for hydroxylation is 1. The number of hydrogen-bond donors (Lipinski definition) is 2. The Labute approximate surface area is 178 Å². The fraction of sp³-hybridized carbons (Fsp3) is 0.0385. The molecule has 4 rings (SSSR count). The van der Waals surface area contributed by atoms with Gasteiger partial charge in [0.1, 0.15) is 11.5 Å². The molecule has 31 heavy (non-hydrogen) atoms. The Bertz CT molecular complexity index is 1310. The largest absolute Gasteiger partial charge is 0.508 e. The summed E-state index contributed by atoms with van der Waals surface area (Å²) >= 11 is 0. The fourth-order valence-corrected chi connectivity index (χ4v) is 3.55. The molecule has 0 spiro atoms. The van der Waals surface area contributed by atoms with Crippen molar-refractivity contribution in [2.45, 2.75) is 6.92 Å². The van der Waals surface area contributed by atoms with Gasteiger partial charge in [-0.15, -0.1) is 0 Å². The summed E-state index contributed by atoms with van der Waals surface area (Å²) in [7, 11) is 0. The molecule has 4 nitrogen and oxygen atoms in total. The molecule has 0 bridgehead atoms. The molecule has 0 saturated carbocycles. The Balaban J connectivity index is 1.87. The number of carboxylic acids is 1. The molecule has 0 aliphatic heterocycles. The number of hydrogen-bond acceptors (Lipinski definition) is 3. The maximum atomic E-state index is 14.8. The maximum Gasteiger partial charge on any atom is 0.328 e. The molecule has 154 valence electrons. The number of rotatable bonds is 5. The zero-order valence-corrected chi connectivity index (χ0v) is 16.7. The van der Waals surface area contributed by atoms with Gasteiger partial charge in [-0.05, 0) is 65.4 Å². The molecule has 0 atom stereocenters. The Morgan fingerprint density at radius 3 is 2.48 bits per heavy atom. The molecule has 0 heterocycles. The highest BCUT2D eigenvalue weighted by Gasteiger charge is 2.17. The van der Waals surface area contributed by atoms with Gasteiger partial charge in [0.05, 0.1) is 0 Å². The predicted octanol–water partition coefficient (Wildman–Crippen LogP) is 6.55. The van der Waals surface area contributed by atoms with Crippen molar-refractivity contribution < 1.29 is 24.1 Å². The van der Waals surface area contributed by atoms with Crippen LogP contribution < -0.4 is 4.74 Å². The van der Waals surface area contributed by atoms with E-state index in [2.05, 4.69) is 0 Å². The van der Waals surface area contributed by atoms with Crippen LogP contribution in [0.2, 0.25) is 0 Å². The van der Waals surface area contributed by atoms with Crippen LogP contribution in [0.15, 0.2) is 78.9 Å². The number of phenolic OH excluding ortho intramolecular Hbond substituents is 1. The Kier molecular flexibility index (Phi) is 5.41. The quantitative estimate of drug-likeness (QED) is 0.363. The molecule has 2 N–H and O–H groups in total. The van der Waals surface area contributed by atoms with Gasteiger partial charge in [-0.1, -0.05) is 42.5 Å². The van der Waals surface area contributed by atoms with Crippen LogP contribution in [0.3, 0.4) is 0 Å². The van der Waals surface area contributed by atoms with E-state index >= 15 is 0 Å². The van der Waals surface area contributed by atoms with E-state index in [0.717, 1.165) is 33.5 Å². The van der Waals surface area contributed by atoms with Crippen LogP contribution in [0.5, 0.6) is 17.2 Å². The lowest BCUT2D eigenvalue weighted by Gasteiger charge is -2.18. The second kappa shape index (κ2) is 8.32. The van der Waals surface area contributed by atoms with Crippen molar-refractivity contribution in [1.29, 1.82) is 0 Å². The summed E-state index contributed by atoms with van der Waals surface area (Å²) in [6.07, 6.45) is 2.26. The van der Waals surface area contributed by atoms with Crippen molar-refractivity contribution in [3.05, 3.63) is 95.8 Å². The second-order valence-electron chi connectivity index (χ2n) is 7.13. The first-order valence-corrected chi connectivity index (χ1v) is 9.62. The molecular formula is C26H19FO4. The van der Waals surface area contributed by atoms with Gasteiger partial charge in [0.25, 0.3) is 0 Å². The van der Waals surface area contributed by atoms with E-state index in [1.807, 2.05) is 43.3 Å². The zero-order chi connectivity index (χ0) is 22.0. The number of aromatic hydroxyl groups is 1. The number of carboxylic acid groups (broad SMARTS) is 1. The average molecular weight is 414 g/mol. The monoisotopic (exact) mass is 414 g/mol. The van der Waals surface area contributed by atoms with E-state index in [4.69, 9.17) is 9.84 Å². The summed E-state index contributed by atoms with van der Waals surface area (Å²) in [5.74, 6) is -1.09. The van der Waals surface area contributed by atoms with Gasteiger partial charge in [-0.25, -0.2) is 9.18 Å². The molecule has 0 aromatic heterocycles. The highest BCUT2D eigenvalue weighted by Crippen LogP contribution is 2.43. The summed E-state index contributed by atoms with van der Waals surface area (Å²) in [4.78, 5) is 10.7. The van der Waals surface area contributed by atoms with Gasteiger partial charge in [0.2, 0.25) is 0 Å². The number of carbonyl (C=O) groups is 1. The van der Waals surface area contributed by atoms with Crippen molar-refractivity contribution in [2.75, 3.05) is 0 Å². The van der Waals surface area contributed by atoms with Crippen molar-refractivity contribution in [3.8, 4) is 28.4 Å². The number of phenols is 1. The summed E-state index contributed by atoms with van der Waals surface area (Å²) in [5, 5.41) is 20.2. The number of ether oxygens (including phenoxy) is 1. The van der Waals surface area contributed by atoms with Crippen LogP contribution in [0.1, 0.15) is 11.1 Å². The first kappa shape index (κ1) is 20.2. The molecule has 4 aromatic rings. The van der Waals surface area contributed by atoms with Crippen LogP contribution in [-0.4, -0.2) is 16.2 Å². The van der Waals surface area contributed by atoms with Gasteiger partial charge in [0, 0.05) is 17.0 Å². The summed E-state index contributed by atoms with van der Waals surface area (Å²) in [6.45, 7) is 1.94. The molecule has 0 aliphatic carbocycles. The highest BCUT2D eigenvalue weighted by atomic mass is 19.1. The molecule has 0 radical (unpaired) electrons. The molecule has 0 amide bonds. The summed E-state index contributed by atoms with van der Waals surface area (Å²) in [5.41, 5.74) is 3.08. The van der Waals surface area contributed by atoms with E-state index in [9.17, 15) is 14.3 Å². The molecule has 0 fully saturated rings. The number of aliphatic carboxylic acids is 1. The molecule has 0 saturated heterocycles. The van der Waals surface area contributed by atoms with Gasteiger partial charge < -0.3 is 14.9 Å². The molecule has 4 aromatic carbocycles. The third kappa shape index (κ3) is 4.26. The molecule has 0 aliphatic rings. The SMILES string of the molecule is Cc1cc2cc(O)ccc2c(Oc2ccc(C=CC(=O)O)cc2F)c1-c1ccccc1. The highest BCUT2D eigenvalue weighted by molar-refractivity contribution is 5.97. The van der Waals surface area contributed by atoms with Gasteiger partial charge in [-0.2, -0.15) is 0 Å². The normalized spacial score (nSPS) is 11.2. The minimum Gasteiger partial charge on any atom is -0.508 e. The Morgan fingerprint density at radius 2 is 1.77 bits per heavy atom. The first-order valence-electron chi connectivity index (χ1n) is 9.62. The van der Waals surface area contributed by atoms with Gasteiger partial charge in [-0.3, -0.25) is 0 Å². The van der Waals surface area contributed by atoms with Crippen molar-refractivity contribution in [3.63, 3.8) is 0 Å². The van der Waals surface area contributed by atoms with Crippen LogP contribution >= 0.6 is 0 Å². The van der Waals surface area contributed by atoms with E-state index in [1.165, 1.54) is 18.2 Å². The summed E-state index contributed by atoms with van der Waals surface area (Å²) in [6, 6.07) is 20.9. The molecular weight excluding hydrogens is 395 g/mol. The summed E-state index contributed by atoms with van der Waals surface area (Å²) < 4.78 is 20.9. The van der Waals surface area contributed by atoms with E-state index < -0.39 is 11.8 Å². The standard InChI is InChI=1S/C26H19FO4/c1-16-13-19-15-20(28)9-10-21(19)26(25(16)18-5-3-2-4-6-18)31-23-11-7-17(14-22(23)27)8-12-24(29)30/h2-15,28H,1H3,(H,29,30). The van der Waals surface area contributed by atoms with Crippen LogP contribution in [0, 0.1) is 12.7 Å². The lowest BCUT2D eigenvalue weighted by atomic mass is 9.94. The Morgan fingerprint density at radius 1 is 1.00 bits per heavy atom. The van der Waals surface area contributed by atoms with E-state index in [1.54, 1.807) is 24.3 Å². The average Bonchev–Trinajstić information content (AvgIpc) is 2.74. The second-order valence-corrected chi connectivity index (χ2v) is 7.13. The van der Waals surface area contributed by atoms with E-state index in [0.29, 0.717) is 11.3 Å². The topological polar surface area (TPSA) is 66.8 Å². The van der Waals surface area contributed by atoms with Crippen molar-refractivity contribution >= 4 is 22.8 Å². The molecule has 0 unspecified atom stereocenters. The lowest BCUT2D eigenvalue weighted by molar-refractivity contribution is -0.131. The minimum atomic E-state index is -1.11. The zero-order valence-electron chi connectivity index (χ0n) is 16.7. The van der Waals surface area contributed by atoms with Crippen molar-refractivity contribution in [1.82, 2.24) is 0 Å². The number of benzene rings is 4. The van der Waals surface area contributed by atoms with Crippen LogP contribution in [0.4, 0.5) is 4.39 Å². The van der Waals surface area contributed by atoms with Crippen LogP contribution in [-0.2, 0) is 4.79 Å². The van der Waals surface area contributed by atoms with Gasteiger partial charge >= 0.3 is 5.97 Å². The number of fused-ring (bicyclic) bond motifs is 1. The first-order chi connectivity index (χ1) is 14.9. The maximum absolute atomic E-state index is 14.8. The lowest BCUT2D eigenvalue weighted by Crippen LogP contribution is -1.96. The van der Waals surface area contributed by atoms with Crippen molar-refractivity contribution in [2.24, 2.45) is 0 Å². The molecule has 5 heteroatoms. The third-order valence-electron chi connectivity index (χ3n) is 4.92. The third-order valence-corrected chi connectivity index (χ3v) is 4.92. The van der Waals surface area contributed by atoms with Crippen LogP contribution in [0.25, 0.3) is 28.0 Å². The minimum absolute atomic E-state index is 0.0182. The van der Waals surface area contributed by atoms with E-state index in [-0.39, 0.29) is 11.5 Å². The predicted molar refractivity (Wildman–Crippen MR) is 119 cm³/mol. The smallest absolute Gasteiger partial charge is 0.328 e. The Hall–Kier alpha value is -4.12. The number of halogens is 1. The fourth-order valence-electron chi connectivity index (χ4n) is 3.55. The van der Waals surface area contributed by atoms with Gasteiger partial charge in [0.15, 0.2) is 11.6 Å².